The number of carbonyl (C=O) groups excluding carboxylic acids is 1. The molecule has 144 valence electrons. The third kappa shape index (κ3) is 7.27. The van der Waals surface area contributed by atoms with Crippen LogP contribution in [0.25, 0.3) is 6.08 Å². The maximum atomic E-state index is 12.7. The minimum atomic E-state index is -0.509. The van der Waals surface area contributed by atoms with Crippen molar-refractivity contribution in [1.29, 1.82) is 0 Å². The lowest BCUT2D eigenvalue weighted by Gasteiger charge is -2.20. The Morgan fingerprint density at radius 3 is 2.22 bits per heavy atom. The zero-order valence-electron chi connectivity index (χ0n) is 16.0. The fraction of sp³-hybridized carbons (Fsp3) is 0.348. The molecule has 4 nitrogen and oxygen atoms in total. The number of aliphatic hydroxyl groups is 1. The first kappa shape index (κ1) is 20.7. The number of rotatable bonds is 10. The SMILES string of the molecule is CC[C@H](O)C[C@@H](CC)OC(=O)C(=Cc1ccccc1)OCc1ccccc1. The summed E-state index contributed by atoms with van der Waals surface area (Å²) in [5.41, 5.74) is 1.83. The highest BCUT2D eigenvalue weighted by atomic mass is 16.6. The Balaban J connectivity index is 2.12. The third-order valence-electron chi connectivity index (χ3n) is 4.27. The molecule has 0 heterocycles. The second-order valence-corrected chi connectivity index (χ2v) is 6.43. The van der Waals surface area contributed by atoms with Gasteiger partial charge in [-0.2, -0.15) is 0 Å². The molecular weight excluding hydrogens is 340 g/mol. The van der Waals surface area contributed by atoms with Gasteiger partial charge in [0.2, 0.25) is 5.76 Å². The van der Waals surface area contributed by atoms with Crippen molar-refractivity contribution in [1.82, 2.24) is 0 Å². The summed E-state index contributed by atoms with van der Waals surface area (Å²) in [5.74, 6) is -0.348. The van der Waals surface area contributed by atoms with Gasteiger partial charge >= 0.3 is 5.97 Å². The van der Waals surface area contributed by atoms with Crippen molar-refractivity contribution in [3.63, 3.8) is 0 Å². The van der Waals surface area contributed by atoms with Crippen LogP contribution in [-0.2, 0) is 20.9 Å². The lowest BCUT2D eigenvalue weighted by molar-refractivity contribution is -0.150. The van der Waals surface area contributed by atoms with Crippen LogP contribution in [0.2, 0.25) is 0 Å². The first-order valence-electron chi connectivity index (χ1n) is 9.44. The number of hydrogen-bond donors (Lipinski definition) is 1. The van der Waals surface area contributed by atoms with Crippen molar-refractivity contribution in [2.45, 2.75) is 51.9 Å². The first-order valence-corrected chi connectivity index (χ1v) is 9.44. The van der Waals surface area contributed by atoms with Gasteiger partial charge in [0.25, 0.3) is 0 Å². The van der Waals surface area contributed by atoms with Crippen LogP contribution in [-0.4, -0.2) is 23.3 Å². The van der Waals surface area contributed by atoms with Crippen LogP contribution in [0.15, 0.2) is 66.4 Å². The Hall–Kier alpha value is -2.59. The van der Waals surface area contributed by atoms with Crippen molar-refractivity contribution in [3.8, 4) is 0 Å². The molecule has 2 atom stereocenters. The van der Waals surface area contributed by atoms with Gasteiger partial charge in [0.15, 0.2) is 0 Å². The molecular formula is C23H28O4. The van der Waals surface area contributed by atoms with E-state index in [0.717, 1.165) is 11.1 Å². The molecule has 0 radical (unpaired) electrons. The molecule has 0 saturated heterocycles. The Kier molecular flexibility index (Phi) is 8.59. The molecule has 2 rings (SSSR count). The fourth-order valence-corrected chi connectivity index (χ4v) is 2.57. The van der Waals surface area contributed by atoms with E-state index in [4.69, 9.17) is 9.47 Å². The summed E-state index contributed by atoms with van der Waals surface area (Å²) in [4.78, 5) is 12.7. The Morgan fingerprint density at radius 2 is 1.63 bits per heavy atom. The second-order valence-electron chi connectivity index (χ2n) is 6.43. The van der Waals surface area contributed by atoms with Gasteiger partial charge in [-0.1, -0.05) is 74.5 Å². The molecule has 0 amide bonds. The third-order valence-corrected chi connectivity index (χ3v) is 4.27. The molecule has 0 fully saturated rings. The van der Waals surface area contributed by atoms with E-state index in [9.17, 15) is 9.90 Å². The van der Waals surface area contributed by atoms with Crippen molar-refractivity contribution in [3.05, 3.63) is 77.5 Å². The van der Waals surface area contributed by atoms with E-state index >= 15 is 0 Å². The van der Waals surface area contributed by atoms with Crippen LogP contribution >= 0.6 is 0 Å². The van der Waals surface area contributed by atoms with Crippen molar-refractivity contribution in [2.24, 2.45) is 0 Å². The number of hydrogen-bond acceptors (Lipinski definition) is 4. The lowest BCUT2D eigenvalue weighted by atomic mass is 10.1. The molecule has 0 saturated carbocycles. The second kappa shape index (κ2) is 11.2. The normalized spacial score (nSPS) is 13.7. The molecule has 27 heavy (non-hydrogen) atoms. The average molecular weight is 368 g/mol. The standard InChI is InChI=1S/C23H28O4/c1-3-20(24)16-21(4-2)27-23(25)22(15-18-11-7-5-8-12-18)26-17-19-13-9-6-10-14-19/h5-15,20-21,24H,3-4,16-17H2,1-2H3/t20-,21+/m0/s1. The van der Waals surface area contributed by atoms with Crippen LogP contribution in [0.5, 0.6) is 0 Å². The molecule has 4 heteroatoms. The average Bonchev–Trinajstić information content (AvgIpc) is 2.71. The van der Waals surface area contributed by atoms with Crippen LogP contribution in [0.1, 0.15) is 44.2 Å². The number of esters is 1. The number of benzene rings is 2. The molecule has 2 aromatic carbocycles. The van der Waals surface area contributed by atoms with E-state index in [1.165, 1.54) is 0 Å². The van der Waals surface area contributed by atoms with Crippen LogP contribution in [0, 0.1) is 0 Å². The minimum absolute atomic E-state index is 0.162. The zero-order valence-corrected chi connectivity index (χ0v) is 16.0. The quantitative estimate of drug-likeness (QED) is 0.374. The van der Waals surface area contributed by atoms with Crippen LogP contribution < -0.4 is 0 Å². The summed E-state index contributed by atoms with van der Waals surface area (Å²) >= 11 is 0. The van der Waals surface area contributed by atoms with Gasteiger partial charge in [0.1, 0.15) is 12.7 Å². The van der Waals surface area contributed by atoms with E-state index in [-0.39, 0.29) is 18.5 Å². The monoisotopic (exact) mass is 368 g/mol. The maximum Gasteiger partial charge on any atom is 0.373 e. The molecule has 1 N–H and O–H groups in total. The molecule has 2 aromatic rings. The van der Waals surface area contributed by atoms with E-state index in [2.05, 4.69) is 0 Å². The van der Waals surface area contributed by atoms with Crippen LogP contribution in [0.4, 0.5) is 0 Å². The van der Waals surface area contributed by atoms with Crippen molar-refractivity contribution in [2.75, 3.05) is 0 Å². The molecule has 0 spiro atoms. The molecule has 0 unspecified atom stereocenters. The smallest absolute Gasteiger partial charge is 0.373 e. The van der Waals surface area contributed by atoms with Gasteiger partial charge in [0.05, 0.1) is 6.10 Å². The van der Waals surface area contributed by atoms with Crippen molar-refractivity contribution < 1.29 is 19.4 Å². The topological polar surface area (TPSA) is 55.8 Å². The minimum Gasteiger partial charge on any atom is -0.482 e. The van der Waals surface area contributed by atoms with Crippen molar-refractivity contribution >= 4 is 12.0 Å². The Bertz CT molecular complexity index is 710. The summed E-state index contributed by atoms with van der Waals surface area (Å²) < 4.78 is 11.4. The van der Waals surface area contributed by atoms with Gasteiger partial charge < -0.3 is 14.6 Å². The summed E-state index contributed by atoms with van der Waals surface area (Å²) in [6.07, 6.45) is 2.57. The van der Waals surface area contributed by atoms with Gasteiger partial charge in [-0.25, -0.2) is 4.79 Å². The zero-order chi connectivity index (χ0) is 19.5. The molecule has 0 bridgehead atoms. The maximum absolute atomic E-state index is 12.7. The Labute approximate surface area is 161 Å². The van der Waals surface area contributed by atoms with Gasteiger partial charge in [-0.3, -0.25) is 0 Å². The molecule has 0 aromatic heterocycles. The van der Waals surface area contributed by atoms with Crippen LogP contribution in [0.3, 0.4) is 0 Å². The number of carbonyl (C=O) groups is 1. The van der Waals surface area contributed by atoms with E-state index in [1.807, 2.05) is 74.5 Å². The fourth-order valence-electron chi connectivity index (χ4n) is 2.57. The number of ether oxygens (including phenoxy) is 2. The molecule has 0 aliphatic rings. The van der Waals surface area contributed by atoms with E-state index in [1.54, 1.807) is 6.08 Å². The Morgan fingerprint density at radius 1 is 1.00 bits per heavy atom. The summed E-state index contributed by atoms with van der Waals surface area (Å²) in [7, 11) is 0. The summed E-state index contributed by atoms with van der Waals surface area (Å²) in [5, 5.41) is 9.86. The largest absolute Gasteiger partial charge is 0.482 e. The predicted octanol–water partition coefficient (Wildman–Crippen LogP) is 4.73. The van der Waals surface area contributed by atoms with E-state index < -0.39 is 12.1 Å². The molecule has 0 aliphatic carbocycles. The molecule has 0 aliphatic heterocycles. The highest BCUT2D eigenvalue weighted by Gasteiger charge is 2.20. The van der Waals surface area contributed by atoms with Gasteiger partial charge in [-0.15, -0.1) is 0 Å². The highest BCUT2D eigenvalue weighted by Crippen LogP contribution is 2.16. The first-order chi connectivity index (χ1) is 13.1. The summed E-state index contributed by atoms with van der Waals surface area (Å²) in [6, 6.07) is 19.2. The van der Waals surface area contributed by atoms with E-state index in [0.29, 0.717) is 19.3 Å². The predicted molar refractivity (Wildman–Crippen MR) is 107 cm³/mol. The number of aliphatic hydroxyl groups excluding tert-OH is 1. The van der Waals surface area contributed by atoms with Gasteiger partial charge in [-0.05, 0) is 30.0 Å². The summed E-state index contributed by atoms with van der Waals surface area (Å²) in [6.45, 7) is 4.12. The van der Waals surface area contributed by atoms with Gasteiger partial charge in [0, 0.05) is 6.42 Å². The lowest BCUT2D eigenvalue weighted by Crippen LogP contribution is -2.24. The highest BCUT2D eigenvalue weighted by molar-refractivity contribution is 5.91.